The van der Waals surface area contributed by atoms with Gasteiger partial charge in [0, 0.05) is 25.6 Å². The molecule has 0 saturated carbocycles. The van der Waals surface area contributed by atoms with Gasteiger partial charge in [0.15, 0.2) is 5.79 Å². The van der Waals surface area contributed by atoms with E-state index in [1.807, 2.05) is 19.9 Å². The number of ether oxygens (including phenoxy) is 3. The van der Waals surface area contributed by atoms with Gasteiger partial charge in [-0.3, -0.25) is 9.59 Å². The number of carbonyl (C=O) groups is 2. The third kappa shape index (κ3) is 6.45. The summed E-state index contributed by atoms with van der Waals surface area (Å²) in [6, 6.07) is 8.95. The molecule has 1 aromatic rings. The molecule has 2 amide bonds. The number of nitrogens with one attached hydrogen (secondary N) is 2. The van der Waals surface area contributed by atoms with Gasteiger partial charge in [0.05, 0.1) is 13.2 Å². The SMILES string of the molecule is CC(=O)NC[C@H]1OCCOC(C)(C)O[C@H]1CNC(=O)c1ccccc1. The molecule has 2 rings (SSSR count). The summed E-state index contributed by atoms with van der Waals surface area (Å²) in [4.78, 5) is 23.5. The highest BCUT2D eigenvalue weighted by Crippen LogP contribution is 2.20. The third-order valence-corrected chi connectivity index (χ3v) is 3.77. The van der Waals surface area contributed by atoms with E-state index >= 15 is 0 Å². The van der Waals surface area contributed by atoms with Crippen LogP contribution in [-0.4, -0.2) is 56.1 Å². The molecule has 25 heavy (non-hydrogen) atoms. The van der Waals surface area contributed by atoms with Crippen molar-refractivity contribution in [1.29, 1.82) is 0 Å². The Labute approximate surface area is 148 Å². The van der Waals surface area contributed by atoms with Crippen LogP contribution >= 0.6 is 0 Å². The molecule has 0 radical (unpaired) electrons. The van der Waals surface area contributed by atoms with Crippen molar-refractivity contribution in [1.82, 2.24) is 10.6 Å². The van der Waals surface area contributed by atoms with Crippen LogP contribution in [0.1, 0.15) is 31.1 Å². The number of hydrogen-bond acceptors (Lipinski definition) is 5. The van der Waals surface area contributed by atoms with Crippen LogP contribution in [0.15, 0.2) is 30.3 Å². The van der Waals surface area contributed by atoms with Gasteiger partial charge in [-0.15, -0.1) is 0 Å². The summed E-state index contributed by atoms with van der Waals surface area (Å²) in [5.74, 6) is -1.14. The summed E-state index contributed by atoms with van der Waals surface area (Å²) in [5.41, 5.74) is 0.572. The maximum absolute atomic E-state index is 12.3. The van der Waals surface area contributed by atoms with Crippen molar-refractivity contribution in [3.05, 3.63) is 35.9 Å². The number of benzene rings is 1. The maximum Gasteiger partial charge on any atom is 0.251 e. The zero-order valence-electron chi connectivity index (χ0n) is 14.9. The molecule has 1 heterocycles. The summed E-state index contributed by atoms with van der Waals surface area (Å²) in [6.45, 7) is 6.41. The lowest BCUT2D eigenvalue weighted by Crippen LogP contribution is -2.52. The van der Waals surface area contributed by atoms with Crippen molar-refractivity contribution in [2.24, 2.45) is 0 Å². The third-order valence-electron chi connectivity index (χ3n) is 3.77. The van der Waals surface area contributed by atoms with E-state index in [4.69, 9.17) is 14.2 Å². The zero-order chi connectivity index (χ0) is 18.3. The average molecular weight is 350 g/mol. The van der Waals surface area contributed by atoms with Crippen molar-refractivity contribution >= 4 is 11.8 Å². The Balaban J connectivity index is 2.03. The molecule has 2 N–H and O–H groups in total. The van der Waals surface area contributed by atoms with Gasteiger partial charge >= 0.3 is 0 Å². The second kappa shape index (κ2) is 8.94. The van der Waals surface area contributed by atoms with Crippen LogP contribution in [0.4, 0.5) is 0 Å². The molecular weight excluding hydrogens is 324 g/mol. The van der Waals surface area contributed by atoms with Crippen LogP contribution in [0.3, 0.4) is 0 Å². The molecule has 1 fully saturated rings. The molecule has 1 aliphatic rings. The van der Waals surface area contributed by atoms with Crippen molar-refractivity contribution in [2.45, 2.75) is 38.8 Å². The van der Waals surface area contributed by atoms with Gasteiger partial charge in [-0.25, -0.2) is 0 Å². The molecular formula is C18H26N2O5. The molecule has 7 nitrogen and oxygen atoms in total. The molecule has 1 aliphatic heterocycles. The van der Waals surface area contributed by atoms with Crippen molar-refractivity contribution < 1.29 is 23.8 Å². The molecule has 0 unspecified atom stereocenters. The minimum atomic E-state index is -0.805. The fraction of sp³-hybridized carbons (Fsp3) is 0.556. The van der Waals surface area contributed by atoms with Crippen LogP contribution < -0.4 is 10.6 Å². The fourth-order valence-electron chi connectivity index (χ4n) is 2.56. The molecule has 138 valence electrons. The summed E-state index contributed by atoms with van der Waals surface area (Å²) in [7, 11) is 0. The minimum Gasteiger partial charge on any atom is -0.371 e. The van der Waals surface area contributed by atoms with Gasteiger partial charge in [0.25, 0.3) is 5.91 Å². The molecule has 0 spiro atoms. The van der Waals surface area contributed by atoms with Crippen LogP contribution in [0.5, 0.6) is 0 Å². The Bertz CT molecular complexity index is 576. The Morgan fingerprint density at radius 1 is 1.08 bits per heavy atom. The van der Waals surface area contributed by atoms with E-state index in [2.05, 4.69) is 10.6 Å². The highest BCUT2D eigenvalue weighted by atomic mass is 16.7. The van der Waals surface area contributed by atoms with Gasteiger partial charge in [-0.05, 0) is 26.0 Å². The molecule has 2 atom stereocenters. The normalized spacial score (nSPS) is 23.2. The van der Waals surface area contributed by atoms with Crippen molar-refractivity contribution in [3.63, 3.8) is 0 Å². The van der Waals surface area contributed by atoms with E-state index < -0.39 is 11.9 Å². The highest BCUT2D eigenvalue weighted by Gasteiger charge is 2.33. The summed E-state index contributed by atoms with van der Waals surface area (Å²) in [5, 5.41) is 5.60. The predicted octanol–water partition coefficient (Wildman–Crippen LogP) is 1.09. The number of hydrogen-bond donors (Lipinski definition) is 2. The van der Waals surface area contributed by atoms with Gasteiger partial charge in [-0.1, -0.05) is 18.2 Å². The molecule has 0 aromatic heterocycles. The Morgan fingerprint density at radius 3 is 2.44 bits per heavy atom. The lowest BCUT2D eigenvalue weighted by atomic mass is 10.1. The van der Waals surface area contributed by atoms with Gasteiger partial charge in [-0.2, -0.15) is 0 Å². The maximum atomic E-state index is 12.3. The summed E-state index contributed by atoms with van der Waals surface area (Å²) in [6.07, 6.45) is -0.849. The van der Waals surface area contributed by atoms with E-state index in [-0.39, 0.29) is 24.5 Å². The smallest absolute Gasteiger partial charge is 0.251 e. The van der Waals surface area contributed by atoms with Crippen molar-refractivity contribution in [2.75, 3.05) is 26.3 Å². The van der Waals surface area contributed by atoms with E-state index in [1.54, 1.807) is 24.3 Å². The topological polar surface area (TPSA) is 85.9 Å². The lowest BCUT2D eigenvalue weighted by Gasteiger charge is -2.37. The number of rotatable bonds is 5. The van der Waals surface area contributed by atoms with E-state index in [0.29, 0.717) is 25.3 Å². The second-order valence-corrected chi connectivity index (χ2v) is 6.33. The molecule has 7 heteroatoms. The summed E-state index contributed by atoms with van der Waals surface area (Å²) >= 11 is 0. The Kier molecular flexibility index (Phi) is 6.92. The van der Waals surface area contributed by atoms with E-state index in [1.165, 1.54) is 6.92 Å². The number of amides is 2. The molecule has 1 aromatic carbocycles. The quantitative estimate of drug-likeness (QED) is 0.830. The monoisotopic (exact) mass is 350 g/mol. The first kappa shape index (κ1) is 19.4. The van der Waals surface area contributed by atoms with Crippen LogP contribution in [0.2, 0.25) is 0 Å². The second-order valence-electron chi connectivity index (χ2n) is 6.33. The zero-order valence-corrected chi connectivity index (χ0v) is 14.9. The van der Waals surface area contributed by atoms with E-state index in [9.17, 15) is 9.59 Å². The average Bonchev–Trinajstić information content (AvgIpc) is 2.57. The van der Waals surface area contributed by atoms with Gasteiger partial charge < -0.3 is 24.8 Å². The minimum absolute atomic E-state index is 0.145. The first-order valence-electron chi connectivity index (χ1n) is 8.38. The van der Waals surface area contributed by atoms with Crippen molar-refractivity contribution in [3.8, 4) is 0 Å². The summed E-state index contributed by atoms with van der Waals surface area (Å²) < 4.78 is 17.4. The predicted molar refractivity (Wildman–Crippen MR) is 92.1 cm³/mol. The Morgan fingerprint density at radius 2 is 1.76 bits per heavy atom. The van der Waals surface area contributed by atoms with Crippen LogP contribution in [0, 0.1) is 0 Å². The van der Waals surface area contributed by atoms with Gasteiger partial charge in [0.2, 0.25) is 5.91 Å². The number of carbonyl (C=O) groups excluding carboxylic acids is 2. The first-order chi connectivity index (χ1) is 11.9. The fourth-order valence-corrected chi connectivity index (χ4v) is 2.56. The molecule has 0 aliphatic carbocycles. The molecule has 0 bridgehead atoms. The van der Waals surface area contributed by atoms with Crippen LogP contribution in [0.25, 0.3) is 0 Å². The van der Waals surface area contributed by atoms with E-state index in [0.717, 1.165) is 0 Å². The first-order valence-corrected chi connectivity index (χ1v) is 8.38. The largest absolute Gasteiger partial charge is 0.371 e. The van der Waals surface area contributed by atoms with Gasteiger partial charge in [0.1, 0.15) is 12.2 Å². The highest BCUT2D eigenvalue weighted by molar-refractivity contribution is 5.94. The standard InChI is InChI=1S/C18H26N2O5/c1-13(21)19-11-15-16(25-18(2,3)24-10-9-23-15)12-20-17(22)14-7-5-4-6-8-14/h4-8,15-16H,9-12H2,1-3H3,(H,19,21)(H,20,22)/t15-,16+/m1/s1. The van der Waals surface area contributed by atoms with Crippen LogP contribution in [-0.2, 0) is 19.0 Å². The Hall–Kier alpha value is -1.96. The lowest BCUT2D eigenvalue weighted by molar-refractivity contribution is -0.277. The molecule has 1 saturated heterocycles.